The second-order valence-corrected chi connectivity index (χ2v) is 2.94. The van der Waals surface area contributed by atoms with E-state index in [1.807, 2.05) is 0 Å². The van der Waals surface area contributed by atoms with Crippen molar-refractivity contribution < 1.29 is 4.92 Å². The van der Waals surface area contributed by atoms with Crippen molar-refractivity contribution in [1.29, 1.82) is 0 Å². The molecule has 0 aliphatic carbocycles. The fourth-order valence-corrected chi connectivity index (χ4v) is 1.07. The molecule has 1 heterocycles. The smallest absolute Gasteiger partial charge is 0.358 e. The van der Waals surface area contributed by atoms with Gasteiger partial charge in [0.15, 0.2) is 0 Å². The van der Waals surface area contributed by atoms with Crippen LogP contribution in [0.3, 0.4) is 0 Å². The van der Waals surface area contributed by atoms with Crippen LogP contribution in [-0.2, 0) is 6.54 Å². The highest BCUT2D eigenvalue weighted by atomic mass is 16.6. The maximum absolute atomic E-state index is 10.3. The monoisotopic (exact) mass is 198 g/mol. The minimum Gasteiger partial charge on any atom is -0.358 e. The third-order valence-corrected chi connectivity index (χ3v) is 1.76. The highest BCUT2D eigenvalue weighted by Gasteiger charge is 2.09. The Morgan fingerprint density at radius 2 is 2.43 bits per heavy atom. The van der Waals surface area contributed by atoms with Gasteiger partial charge >= 0.3 is 5.82 Å². The molecular formula is C8H14N4O2. The SMILES string of the molecule is CCCNCCn1ccc([N+](=O)[O-])n1. The Labute approximate surface area is 82.1 Å². The van der Waals surface area contributed by atoms with E-state index in [0.717, 1.165) is 19.5 Å². The topological polar surface area (TPSA) is 73.0 Å². The zero-order valence-electron chi connectivity index (χ0n) is 8.14. The van der Waals surface area contributed by atoms with Crippen LogP contribution in [-0.4, -0.2) is 27.8 Å². The summed E-state index contributed by atoms with van der Waals surface area (Å²) in [6.45, 7) is 4.50. The van der Waals surface area contributed by atoms with Gasteiger partial charge in [-0.15, -0.1) is 0 Å². The van der Waals surface area contributed by atoms with Crippen molar-refractivity contribution in [3.8, 4) is 0 Å². The van der Waals surface area contributed by atoms with E-state index >= 15 is 0 Å². The first-order valence-electron chi connectivity index (χ1n) is 4.62. The second-order valence-electron chi connectivity index (χ2n) is 2.94. The molecule has 0 unspecified atom stereocenters. The summed E-state index contributed by atoms with van der Waals surface area (Å²) in [6.07, 6.45) is 2.70. The second kappa shape index (κ2) is 5.33. The molecule has 1 aromatic heterocycles. The third-order valence-electron chi connectivity index (χ3n) is 1.76. The van der Waals surface area contributed by atoms with E-state index in [9.17, 15) is 10.1 Å². The van der Waals surface area contributed by atoms with E-state index in [4.69, 9.17) is 0 Å². The van der Waals surface area contributed by atoms with Crippen LogP contribution in [0.2, 0.25) is 0 Å². The molecule has 0 aliphatic rings. The summed E-state index contributed by atoms with van der Waals surface area (Å²) < 4.78 is 1.57. The minimum absolute atomic E-state index is 0.0968. The van der Waals surface area contributed by atoms with E-state index < -0.39 is 4.92 Å². The fraction of sp³-hybridized carbons (Fsp3) is 0.625. The van der Waals surface area contributed by atoms with Gasteiger partial charge in [0.2, 0.25) is 0 Å². The van der Waals surface area contributed by atoms with Crippen molar-refractivity contribution in [1.82, 2.24) is 15.1 Å². The van der Waals surface area contributed by atoms with Crippen molar-refractivity contribution in [2.45, 2.75) is 19.9 Å². The first-order valence-corrected chi connectivity index (χ1v) is 4.62. The first-order chi connectivity index (χ1) is 6.74. The molecule has 0 fully saturated rings. The molecule has 0 aliphatic heterocycles. The summed E-state index contributed by atoms with van der Waals surface area (Å²) >= 11 is 0. The Kier molecular flexibility index (Phi) is 4.06. The number of rotatable bonds is 6. The van der Waals surface area contributed by atoms with Gasteiger partial charge in [-0.1, -0.05) is 6.92 Å². The Balaban J connectivity index is 2.33. The number of nitrogens with zero attached hydrogens (tertiary/aromatic N) is 3. The van der Waals surface area contributed by atoms with Crippen LogP contribution in [0.4, 0.5) is 5.82 Å². The predicted molar refractivity (Wildman–Crippen MR) is 52.0 cm³/mol. The van der Waals surface area contributed by atoms with Gasteiger partial charge in [-0.05, 0) is 17.9 Å². The molecule has 0 bridgehead atoms. The summed E-state index contributed by atoms with van der Waals surface area (Å²) in [4.78, 5) is 9.81. The molecule has 0 atom stereocenters. The highest BCUT2D eigenvalue weighted by molar-refractivity contribution is 5.13. The third kappa shape index (κ3) is 3.14. The molecule has 0 spiro atoms. The molecule has 1 N–H and O–H groups in total. The largest absolute Gasteiger partial charge is 0.389 e. The van der Waals surface area contributed by atoms with Gasteiger partial charge < -0.3 is 15.4 Å². The minimum atomic E-state index is -0.490. The maximum atomic E-state index is 10.3. The lowest BCUT2D eigenvalue weighted by Crippen LogP contribution is -2.20. The lowest BCUT2D eigenvalue weighted by molar-refractivity contribution is -0.389. The number of nitrogens with one attached hydrogen (secondary N) is 1. The summed E-state index contributed by atoms with van der Waals surface area (Å²) in [5, 5.41) is 17.3. The van der Waals surface area contributed by atoms with Crippen LogP contribution < -0.4 is 5.32 Å². The predicted octanol–water partition coefficient (Wildman–Crippen LogP) is 0.791. The van der Waals surface area contributed by atoms with Gasteiger partial charge in [-0.25, -0.2) is 0 Å². The number of aromatic nitrogens is 2. The van der Waals surface area contributed by atoms with Crippen LogP contribution in [0, 0.1) is 10.1 Å². The molecule has 0 aromatic carbocycles. The van der Waals surface area contributed by atoms with Crippen LogP contribution in [0.25, 0.3) is 0 Å². The van der Waals surface area contributed by atoms with Gasteiger partial charge in [-0.3, -0.25) is 0 Å². The summed E-state index contributed by atoms with van der Waals surface area (Å²) in [5.74, 6) is -0.0968. The Morgan fingerprint density at radius 1 is 1.64 bits per heavy atom. The Bertz CT molecular complexity index is 297. The molecule has 0 amide bonds. The summed E-state index contributed by atoms with van der Waals surface area (Å²) in [6, 6.07) is 1.40. The van der Waals surface area contributed by atoms with Crippen LogP contribution >= 0.6 is 0 Å². The normalized spacial score (nSPS) is 10.4. The zero-order valence-corrected chi connectivity index (χ0v) is 8.14. The van der Waals surface area contributed by atoms with Crippen LogP contribution in [0.5, 0.6) is 0 Å². The zero-order chi connectivity index (χ0) is 10.4. The van der Waals surface area contributed by atoms with E-state index in [0.29, 0.717) is 6.54 Å². The molecule has 78 valence electrons. The number of hydrogen-bond donors (Lipinski definition) is 1. The van der Waals surface area contributed by atoms with Gasteiger partial charge in [-0.2, -0.15) is 4.68 Å². The average molecular weight is 198 g/mol. The van der Waals surface area contributed by atoms with Crippen LogP contribution in [0.15, 0.2) is 12.3 Å². The number of nitro groups is 1. The lowest BCUT2D eigenvalue weighted by Gasteiger charge is -1.99. The Morgan fingerprint density at radius 3 is 3.00 bits per heavy atom. The molecule has 1 aromatic rings. The molecule has 1 rings (SSSR count). The van der Waals surface area contributed by atoms with Crippen molar-refractivity contribution >= 4 is 5.82 Å². The molecule has 0 saturated heterocycles. The van der Waals surface area contributed by atoms with Crippen LogP contribution in [0.1, 0.15) is 13.3 Å². The summed E-state index contributed by atoms with van der Waals surface area (Å²) in [5.41, 5.74) is 0. The van der Waals surface area contributed by atoms with Gasteiger partial charge in [0.1, 0.15) is 0 Å². The molecule has 0 radical (unpaired) electrons. The van der Waals surface area contributed by atoms with Gasteiger partial charge in [0.25, 0.3) is 0 Å². The molecule has 14 heavy (non-hydrogen) atoms. The van der Waals surface area contributed by atoms with Gasteiger partial charge in [0.05, 0.1) is 23.9 Å². The quantitative estimate of drug-likeness (QED) is 0.416. The molecule has 0 saturated carbocycles. The van der Waals surface area contributed by atoms with E-state index in [1.165, 1.54) is 6.07 Å². The summed E-state index contributed by atoms with van der Waals surface area (Å²) in [7, 11) is 0. The Hall–Kier alpha value is -1.43. The highest BCUT2D eigenvalue weighted by Crippen LogP contribution is 2.04. The standard InChI is InChI=1S/C8H14N4O2/c1-2-4-9-5-7-11-6-3-8(10-11)12(13)14/h3,6,9H,2,4-5,7H2,1H3. The van der Waals surface area contributed by atoms with Crippen molar-refractivity contribution in [3.63, 3.8) is 0 Å². The van der Waals surface area contributed by atoms with Crippen molar-refractivity contribution in [2.75, 3.05) is 13.1 Å². The molecular weight excluding hydrogens is 184 g/mol. The first kappa shape index (κ1) is 10.6. The van der Waals surface area contributed by atoms with E-state index in [2.05, 4.69) is 17.3 Å². The van der Waals surface area contributed by atoms with Crippen molar-refractivity contribution in [3.05, 3.63) is 22.4 Å². The number of hydrogen-bond acceptors (Lipinski definition) is 4. The lowest BCUT2D eigenvalue weighted by atomic mass is 10.5. The average Bonchev–Trinajstić information content (AvgIpc) is 2.61. The molecule has 6 heteroatoms. The van der Waals surface area contributed by atoms with Crippen molar-refractivity contribution in [2.24, 2.45) is 0 Å². The molecule has 6 nitrogen and oxygen atoms in total. The maximum Gasteiger partial charge on any atom is 0.389 e. The fourth-order valence-electron chi connectivity index (χ4n) is 1.07. The van der Waals surface area contributed by atoms with E-state index in [1.54, 1.807) is 10.9 Å². The van der Waals surface area contributed by atoms with E-state index in [-0.39, 0.29) is 5.82 Å². The van der Waals surface area contributed by atoms with Gasteiger partial charge in [0, 0.05) is 6.54 Å².